The molecule has 3 N–H and O–H groups in total. The molecule has 0 aliphatic carbocycles. The SMILES string of the molecule is CC(Sc1ccc(NC(=O)c2ccccc2F)cc1)C(=O)Nc1cccc(C(=O)O)c1. The molecule has 158 valence electrons. The fraction of sp³-hybridized carbons (Fsp3) is 0.0870. The van der Waals surface area contributed by atoms with Crippen molar-refractivity contribution in [2.24, 2.45) is 0 Å². The van der Waals surface area contributed by atoms with E-state index in [4.69, 9.17) is 5.11 Å². The molecular weight excluding hydrogens is 419 g/mol. The average Bonchev–Trinajstić information content (AvgIpc) is 2.75. The number of carbonyl (C=O) groups excluding carboxylic acids is 2. The van der Waals surface area contributed by atoms with Crippen LogP contribution in [0.2, 0.25) is 0 Å². The van der Waals surface area contributed by atoms with Crippen LogP contribution in [0.5, 0.6) is 0 Å². The number of hydrogen-bond acceptors (Lipinski definition) is 4. The molecule has 0 spiro atoms. The highest BCUT2D eigenvalue weighted by molar-refractivity contribution is 8.00. The third kappa shape index (κ3) is 5.93. The van der Waals surface area contributed by atoms with Gasteiger partial charge in [-0.25, -0.2) is 9.18 Å². The second kappa shape index (κ2) is 9.90. The summed E-state index contributed by atoms with van der Waals surface area (Å²) in [4.78, 5) is 36.4. The van der Waals surface area contributed by atoms with E-state index in [0.29, 0.717) is 11.4 Å². The van der Waals surface area contributed by atoms with Crippen LogP contribution in [0.4, 0.5) is 15.8 Å². The van der Waals surface area contributed by atoms with Crippen molar-refractivity contribution in [2.75, 3.05) is 10.6 Å². The van der Waals surface area contributed by atoms with Gasteiger partial charge in [0.15, 0.2) is 0 Å². The zero-order valence-electron chi connectivity index (χ0n) is 16.5. The molecule has 0 radical (unpaired) electrons. The summed E-state index contributed by atoms with van der Waals surface area (Å²) in [6, 6.07) is 18.6. The highest BCUT2D eigenvalue weighted by Gasteiger charge is 2.16. The third-order valence-corrected chi connectivity index (χ3v) is 5.40. The van der Waals surface area contributed by atoms with E-state index in [9.17, 15) is 18.8 Å². The first-order chi connectivity index (χ1) is 14.8. The Bertz CT molecular complexity index is 1120. The summed E-state index contributed by atoms with van der Waals surface area (Å²) in [5, 5.41) is 13.9. The number of benzene rings is 3. The molecule has 0 aliphatic heterocycles. The quantitative estimate of drug-likeness (QED) is 0.456. The molecule has 8 heteroatoms. The fourth-order valence-corrected chi connectivity index (χ4v) is 3.56. The Kier molecular flexibility index (Phi) is 7.04. The summed E-state index contributed by atoms with van der Waals surface area (Å²) in [7, 11) is 0. The van der Waals surface area contributed by atoms with E-state index in [2.05, 4.69) is 10.6 Å². The van der Waals surface area contributed by atoms with Gasteiger partial charge in [-0.05, 0) is 61.5 Å². The predicted octanol–water partition coefficient (Wildman–Crippen LogP) is 4.90. The maximum absolute atomic E-state index is 13.7. The van der Waals surface area contributed by atoms with Gasteiger partial charge in [0, 0.05) is 16.3 Å². The van der Waals surface area contributed by atoms with E-state index in [1.165, 1.54) is 42.1 Å². The Morgan fingerprint density at radius 2 is 1.61 bits per heavy atom. The number of nitrogens with one attached hydrogen (secondary N) is 2. The van der Waals surface area contributed by atoms with Crippen molar-refractivity contribution >= 4 is 40.9 Å². The molecular formula is C23H19FN2O4S. The molecule has 31 heavy (non-hydrogen) atoms. The standard InChI is InChI=1S/C23H19FN2O4S/c1-14(21(27)26-17-6-4-5-15(13-17)23(29)30)31-18-11-9-16(10-12-18)25-22(28)19-7-2-3-8-20(19)24/h2-14H,1H3,(H,25,28)(H,26,27)(H,29,30). The lowest BCUT2D eigenvalue weighted by molar-refractivity contribution is -0.115. The van der Waals surface area contributed by atoms with Crippen molar-refractivity contribution in [2.45, 2.75) is 17.1 Å². The van der Waals surface area contributed by atoms with Gasteiger partial charge in [0.25, 0.3) is 5.91 Å². The summed E-state index contributed by atoms with van der Waals surface area (Å²) >= 11 is 1.31. The van der Waals surface area contributed by atoms with Crippen LogP contribution in [0, 0.1) is 5.82 Å². The first kappa shape index (κ1) is 22.0. The van der Waals surface area contributed by atoms with Gasteiger partial charge in [-0.2, -0.15) is 0 Å². The van der Waals surface area contributed by atoms with Crippen molar-refractivity contribution < 1.29 is 23.9 Å². The summed E-state index contributed by atoms with van der Waals surface area (Å²) in [5.74, 6) is -2.49. The van der Waals surface area contributed by atoms with E-state index in [-0.39, 0.29) is 17.0 Å². The molecule has 0 aromatic heterocycles. The number of hydrogen-bond donors (Lipinski definition) is 3. The third-order valence-electron chi connectivity index (χ3n) is 4.29. The lowest BCUT2D eigenvalue weighted by Gasteiger charge is -2.13. The normalized spacial score (nSPS) is 11.4. The molecule has 0 saturated heterocycles. The van der Waals surface area contributed by atoms with Gasteiger partial charge in [0.1, 0.15) is 5.82 Å². The number of amides is 2. The van der Waals surface area contributed by atoms with Crippen LogP contribution in [0.15, 0.2) is 77.7 Å². The van der Waals surface area contributed by atoms with Crippen LogP contribution >= 0.6 is 11.8 Å². The molecule has 0 fully saturated rings. The maximum atomic E-state index is 13.7. The minimum absolute atomic E-state index is 0.0433. The topological polar surface area (TPSA) is 95.5 Å². The predicted molar refractivity (Wildman–Crippen MR) is 118 cm³/mol. The van der Waals surface area contributed by atoms with Gasteiger partial charge < -0.3 is 15.7 Å². The lowest BCUT2D eigenvalue weighted by Crippen LogP contribution is -2.22. The van der Waals surface area contributed by atoms with E-state index in [1.54, 1.807) is 49.4 Å². The van der Waals surface area contributed by atoms with Crippen LogP contribution < -0.4 is 10.6 Å². The number of rotatable bonds is 7. The van der Waals surface area contributed by atoms with Crippen LogP contribution in [-0.4, -0.2) is 28.1 Å². The van der Waals surface area contributed by atoms with Crippen molar-refractivity contribution in [1.82, 2.24) is 0 Å². The summed E-state index contributed by atoms with van der Waals surface area (Å²) in [6.07, 6.45) is 0. The van der Waals surface area contributed by atoms with Crippen LogP contribution in [0.3, 0.4) is 0 Å². The Morgan fingerprint density at radius 3 is 2.29 bits per heavy atom. The Morgan fingerprint density at radius 1 is 0.903 bits per heavy atom. The number of aromatic carboxylic acids is 1. The Hall–Kier alpha value is -3.65. The zero-order valence-corrected chi connectivity index (χ0v) is 17.3. The number of carboxylic acids is 1. The highest BCUT2D eigenvalue weighted by atomic mass is 32.2. The molecule has 2 amide bonds. The van der Waals surface area contributed by atoms with E-state index in [0.717, 1.165) is 4.90 Å². The smallest absolute Gasteiger partial charge is 0.335 e. The molecule has 3 rings (SSSR count). The van der Waals surface area contributed by atoms with Crippen molar-refractivity contribution in [3.63, 3.8) is 0 Å². The Balaban J connectivity index is 1.58. The molecule has 0 bridgehead atoms. The van der Waals surface area contributed by atoms with E-state index < -0.39 is 22.9 Å². The van der Waals surface area contributed by atoms with Gasteiger partial charge in [0.2, 0.25) is 5.91 Å². The first-order valence-electron chi connectivity index (χ1n) is 9.30. The number of halogens is 1. The van der Waals surface area contributed by atoms with Crippen molar-refractivity contribution in [3.05, 3.63) is 89.7 Å². The molecule has 1 unspecified atom stereocenters. The second-order valence-corrected chi connectivity index (χ2v) is 8.01. The van der Waals surface area contributed by atoms with Gasteiger partial charge in [-0.1, -0.05) is 18.2 Å². The minimum atomic E-state index is -1.07. The largest absolute Gasteiger partial charge is 0.478 e. The number of anilines is 2. The molecule has 6 nitrogen and oxygen atoms in total. The number of thioether (sulfide) groups is 1. The first-order valence-corrected chi connectivity index (χ1v) is 10.2. The number of carbonyl (C=O) groups is 3. The van der Waals surface area contributed by atoms with E-state index >= 15 is 0 Å². The Labute approximate surface area is 182 Å². The van der Waals surface area contributed by atoms with Crippen molar-refractivity contribution in [3.8, 4) is 0 Å². The second-order valence-electron chi connectivity index (χ2n) is 6.59. The van der Waals surface area contributed by atoms with Crippen LogP contribution in [-0.2, 0) is 4.79 Å². The monoisotopic (exact) mass is 438 g/mol. The maximum Gasteiger partial charge on any atom is 0.335 e. The molecule has 0 saturated carbocycles. The molecule has 3 aromatic rings. The average molecular weight is 438 g/mol. The minimum Gasteiger partial charge on any atom is -0.478 e. The number of carboxylic acid groups (broad SMARTS) is 1. The zero-order chi connectivity index (χ0) is 22.4. The van der Waals surface area contributed by atoms with Gasteiger partial charge in [-0.15, -0.1) is 11.8 Å². The molecule has 0 aliphatic rings. The van der Waals surface area contributed by atoms with Crippen LogP contribution in [0.25, 0.3) is 0 Å². The van der Waals surface area contributed by atoms with E-state index in [1.807, 2.05) is 0 Å². The summed E-state index contributed by atoms with van der Waals surface area (Å²) in [5.41, 5.74) is 0.952. The van der Waals surface area contributed by atoms with Gasteiger partial charge >= 0.3 is 5.97 Å². The van der Waals surface area contributed by atoms with Crippen molar-refractivity contribution in [1.29, 1.82) is 0 Å². The molecule has 1 atom stereocenters. The summed E-state index contributed by atoms with van der Waals surface area (Å²) in [6.45, 7) is 1.73. The van der Waals surface area contributed by atoms with Crippen LogP contribution in [0.1, 0.15) is 27.6 Å². The molecule has 3 aromatic carbocycles. The van der Waals surface area contributed by atoms with Gasteiger partial charge in [-0.3, -0.25) is 9.59 Å². The highest BCUT2D eigenvalue weighted by Crippen LogP contribution is 2.26. The summed E-state index contributed by atoms with van der Waals surface area (Å²) < 4.78 is 13.7. The lowest BCUT2D eigenvalue weighted by atomic mass is 10.2. The van der Waals surface area contributed by atoms with Gasteiger partial charge in [0.05, 0.1) is 16.4 Å². The molecule has 0 heterocycles. The fourth-order valence-electron chi connectivity index (χ4n) is 2.69.